The molecule has 3 rings (SSSR count). The first-order valence-electron chi connectivity index (χ1n) is 8.85. The van der Waals surface area contributed by atoms with Crippen LogP contribution in [0.25, 0.3) is 0 Å². The molecule has 1 aliphatic carbocycles. The van der Waals surface area contributed by atoms with Crippen LogP contribution in [-0.4, -0.2) is 29.0 Å². The van der Waals surface area contributed by atoms with Gasteiger partial charge in [-0.25, -0.2) is 0 Å². The monoisotopic (exact) mass is 366 g/mol. The zero-order valence-corrected chi connectivity index (χ0v) is 15.4. The maximum absolute atomic E-state index is 12.1. The average molecular weight is 366 g/mol. The molecule has 1 aliphatic heterocycles. The molecule has 27 heavy (non-hydrogen) atoms. The molecule has 6 nitrogen and oxygen atoms in total. The standard InChI is InChI=1S/C21H22N2O4/c1-21(2)17-6-3-4-7-18(17)22(12-5-13-24)20(21)11-8-15-14-16(23(26)27)9-10-19(15)25/h3-4,6-11,14,24H,5,12-13H2,1-2H3/b15-8-,20-11+. The normalized spacial score (nSPS) is 20.9. The number of aliphatic hydroxyl groups is 1. The van der Waals surface area contributed by atoms with Crippen LogP contribution in [0.3, 0.4) is 0 Å². The van der Waals surface area contributed by atoms with Crippen molar-refractivity contribution >= 4 is 11.5 Å². The number of aliphatic hydroxyl groups excluding tert-OH is 1. The van der Waals surface area contributed by atoms with E-state index in [1.165, 1.54) is 23.8 Å². The molecular weight excluding hydrogens is 344 g/mol. The largest absolute Gasteiger partial charge is 0.396 e. The van der Waals surface area contributed by atoms with E-state index in [1.807, 2.05) is 24.3 Å². The summed E-state index contributed by atoms with van der Waals surface area (Å²) in [6.07, 6.45) is 7.86. The molecule has 6 heteroatoms. The van der Waals surface area contributed by atoms with Crippen LogP contribution in [0, 0.1) is 10.1 Å². The molecule has 0 saturated carbocycles. The molecule has 0 bridgehead atoms. The second kappa shape index (κ2) is 7.32. The summed E-state index contributed by atoms with van der Waals surface area (Å²) in [6, 6.07) is 8.09. The quantitative estimate of drug-likeness (QED) is 0.491. The highest BCUT2D eigenvalue weighted by Gasteiger charge is 2.39. The van der Waals surface area contributed by atoms with Gasteiger partial charge >= 0.3 is 0 Å². The Bertz CT molecular complexity index is 907. The van der Waals surface area contributed by atoms with Crippen LogP contribution in [0.15, 0.2) is 71.6 Å². The smallest absolute Gasteiger partial charge is 0.270 e. The second-order valence-electron chi connectivity index (χ2n) is 7.07. The number of hydrogen-bond donors (Lipinski definition) is 1. The van der Waals surface area contributed by atoms with Crippen molar-refractivity contribution < 1.29 is 14.8 Å². The molecule has 0 radical (unpaired) electrons. The number of carbonyl (C=O) groups is 1. The maximum atomic E-state index is 12.1. The van der Waals surface area contributed by atoms with Crippen LogP contribution in [0.5, 0.6) is 0 Å². The van der Waals surface area contributed by atoms with Crippen LogP contribution >= 0.6 is 0 Å². The fourth-order valence-corrected chi connectivity index (χ4v) is 3.56. The van der Waals surface area contributed by atoms with E-state index in [0.29, 0.717) is 13.0 Å². The summed E-state index contributed by atoms with van der Waals surface area (Å²) in [5.74, 6) is -0.257. The topological polar surface area (TPSA) is 83.7 Å². The molecule has 1 heterocycles. The average Bonchev–Trinajstić information content (AvgIpc) is 2.86. The summed E-state index contributed by atoms with van der Waals surface area (Å²) in [6.45, 7) is 4.95. The highest BCUT2D eigenvalue weighted by molar-refractivity contribution is 6.07. The summed E-state index contributed by atoms with van der Waals surface area (Å²) in [5, 5.41) is 20.2. The molecular formula is C21H22N2O4. The van der Waals surface area contributed by atoms with Gasteiger partial charge in [0.1, 0.15) is 0 Å². The Morgan fingerprint density at radius 1 is 1.22 bits per heavy atom. The molecule has 2 aliphatic rings. The number of rotatable bonds is 5. The van der Waals surface area contributed by atoms with Gasteiger partial charge in [-0.2, -0.15) is 0 Å². The minimum Gasteiger partial charge on any atom is -0.396 e. The molecule has 0 amide bonds. The van der Waals surface area contributed by atoms with Crippen molar-refractivity contribution in [2.45, 2.75) is 25.7 Å². The van der Waals surface area contributed by atoms with Crippen LogP contribution in [-0.2, 0) is 10.2 Å². The van der Waals surface area contributed by atoms with Gasteiger partial charge in [-0.15, -0.1) is 0 Å². The van der Waals surface area contributed by atoms with Crippen molar-refractivity contribution in [1.29, 1.82) is 0 Å². The summed E-state index contributed by atoms with van der Waals surface area (Å²) in [4.78, 5) is 24.7. The van der Waals surface area contributed by atoms with Crippen molar-refractivity contribution in [3.8, 4) is 0 Å². The number of anilines is 1. The first kappa shape index (κ1) is 18.8. The molecule has 140 valence electrons. The van der Waals surface area contributed by atoms with E-state index in [-0.39, 0.29) is 29.1 Å². The van der Waals surface area contributed by atoms with E-state index < -0.39 is 4.92 Å². The number of benzene rings is 1. The molecule has 1 aromatic carbocycles. The zero-order chi connectivity index (χ0) is 19.6. The second-order valence-corrected chi connectivity index (χ2v) is 7.07. The third-order valence-corrected chi connectivity index (χ3v) is 4.96. The minimum absolute atomic E-state index is 0.0890. The molecule has 0 aromatic heterocycles. The number of nitro groups is 1. The number of para-hydroxylation sites is 1. The number of hydrogen-bond acceptors (Lipinski definition) is 5. The molecule has 0 saturated heterocycles. The van der Waals surface area contributed by atoms with Crippen LogP contribution in [0.2, 0.25) is 0 Å². The third-order valence-electron chi connectivity index (χ3n) is 4.96. The van der Waals surface area contributed by atoms with Crippen LogP contribution in [0.1, 0.15) is 25.8 Å². The van der Waals surface area contributed by atoms with Gasteiger partial charge in [0.15, 0.2) is 5.78 Å². The highest BCUT2D eigenvalue weighted by Crippen LogP contribution is 2.47. The van der Waals surface area contributed by atoms with Crippen molar-refractivity contribution in [2.24, 2.45) is 0 Å². The predicted octanol–water partition coefficient (Wildman–Crippen LogP) is 3.28. The summed E-state index contributed by atoms with van der Waals surface area (Å²) in [5.41, 5.74) is 3.13. The van der Waals surface area contributed by atoms with Gasteiger partial charge < -0.3 is 10.0 Å². The molecule has 1 aromatic rings. The van der Waals surface area contributed by atoms with E-state index in [9.17, 15) is 20.0 Å². The minimum atomic E-state index is -0.507. The lowest BCUT2D eigenvalue weighted by Crippen LogP contribution is -2.27. The Labute approximate surface area is 158 Å². The van der Waals surface area contributed by atoms with E-state index in [0.717, 1.165) is 11.4 Å². The van der Waals surface area contributed by atoms with E-state index >= 15 is 0 Å². The van der Waals surface area contributed by atoms with Gasteiger partial charge in [0.2, 0.25) is 0 Å². The fourth-order valence-electron chi connectivity index (χ4n) is 3.56. The molecule has 0 unspecified atom stereocenters. The van der Waals surface area contributed by atoms with E-state index in [2.05, 4.69) is 24.8 Å². The Morgan fingerprint density at radius 3 is 2.67 bits per heavy atom. The highest BCUT2D eigenvalue weighted by atomic mass is 16.6. The fraction of sp³-hybridized carbons (Fsp3) is 0.286. The lowest BCUT2D eigenvalue weighted by Gasteiger charge is -2.27. The Balaban J connectivity index is 2.04. The van der Waals surface area contributed by atoms with Crippen LogP contribution < -0.4 is 4.90 Å². The number of nitrogens with zero attached hydrogens (tertiary/aromatic N) is 2. The first-order chi connectivity index (χ1) is 12.9. The number of fused-ring (bicyclic) bond motifs is 1. The van der Waals surface area contributed by atoms with Crippen molar-refractivity contribution in [3.05, 3.63) is 87.3 Å². The summed E-state index contributed by atoms with van der Waals surface area (Å²) >= 11 is 0. The van der Waals surface area contributed by atoms with Gasteiger partial charge in [-0.05, 0) is 36.3 Å². The van der Waals surface area contributed by atoms with Crippen molar-refractivity contribution in [3.63, 3.8) is 0 Å². The molecule has 0 fully saturated rings. The summed E-state index contributed by atoms with van der Waals surface area (Å²) < 4.78 is 0. The number of allylic oxidation sites excluding steroid dienone is 7. The maximum Gasteiger partial charge on any atom is 0.270 e. The van der Waals surface area contributed by atoms with Gasteiger partial charge in [0.25, 0.3) is 5.70 Å². The van der Waals surface area contributed by atoms with Gasteiger partial charge in [0.05, 0.1) is 4.92 Å². The van der Waals surface area contributed by atoms with Crippen molar-refractivity contribution in [2.75, 3.05) is 18.1 Å². The molecule has 0 atom stereocenters. The lowest BCUT2D eigenvalue weighted by molar-refractivity contribution is -0.419. The van der Waals surface area contributed by atoms with Gasteiger partial charge in [-0.1, -0.05) is 32.0 Å². The van der Waals surface area contributed by atoms with E-state index in [4.69, 9.17) is 0 Å². The van der Waals surface area contributed by atoms with E-state index in [1.54, 1.807) is 6.08 Å². The third kappa shape index (κ3) is 3.48. The SMILES string of the molecule is CC1(C)/C(=C\C=C2\C=C([N+](=O)[O-])C=CC2=O)N(CCCO)c2ccccc21. The Morgan fingerprint density at radius 2 is 1.96 bits per heavy atom. The Hall–Kier alpha value is -2.99. The summed E-state index contributed by atoms with van der Waals surface area (Å²) in [7, 11) is 0. The molecule has 0 spiro atoms. The van der Waals surface area contributed by atoms with Gasteiger partial charge in [0, 0.05) is 47.7 Å². The van der Waals surface area contributed by atoms with Gasteiger partial charge in [-0.3, -0.25) is 14.9 Å². The number of carbonyl (C=O) groups excluding carboxylic acids is 1. The lowest BCUT2D eigenvalue weighted by atomic mass is 9.83. The molecule has 1 N–H and O–H groups in total. The van der Waals surface area contributed by atoms with Crippen LogP contribution in [0.4, 0.5) is 5.69 Å². The zero-order valence-electron chi connectivity index (χ0n) is 15.4. The van der Waals surface area contributed by atoms with Crippen molar-refractivity contribution in [1.82, 2.24) is 0 Å². The first-order valence-corrected chi connectivity index (χ1v) is 8.85. The Kier molecular flexibility index (Phi) is 5.10. The number of ketones is 1. The predicted molar refractivity (Wildman–Crippen MR) is 104 cm³/mol.